The lowest BCUT2D eigenvalue weighted by Crippen LogP contribution is -2.16. The summed E-state index contributed by atoms with van der Waals surface area (Å²) >= 11 is 0. The van der Waals surface area contributed by atoms with Crippen molar-refractivity contribution in [3.63, 3.8) is 0 Å². The Labute approximate surface area is 187 Å². The van der Waals surface area contributed by atoms with Crippen molar-refractivity contribution in [1.29, 1.82) is 0 Å². The van der Waals surface area contributed by atoms with Crippen LogP contribution in [0.5, 0.6) is 11.5 Å². The Hall–Kier alpha value is -3.53. The summed E-state index contributed by atoms with van der Waals surface area (Å²) in [5, 5.41) is 9.57. The van der Waals surface area contributed by atoms with Gasteiger partial charge in [0.15, 0.2) is 5.69 Å². The van der Waals surface area contributed by atoms with E-state index < -0.39 is 15.9 Å². The highest BCUT2D eigenvalue weighted by Crippen LogP contribution is 2.29. The Kier molecular flexibility index (Phi) is 7.04. The molecule has 1 aromatic heterocycles. The first kappa shape index (κ1) is 23.1. The van der Waals surface area contributed by atoms with Crippen LogP contribution in [0.2, 0.25) is 0 Å². The minimum absolute atomic E-state index is 0.115. The number of rotatable bonds is 9. The normalized spacial score (nSPS) is 11.3. The van der Waals surface area contributed by atoms with Gasteiger partial charge in [0.05, 0.1) is 14.2 Å². The molecule has 9 nitrogen and oxygen atoms in total. The summed E-state index contributed by atoms with van der Waals surface area (Å²) in [6.07, 6.45) is 0.766. The SMILES string of the molecule is COc1ccc(NS(=O)(=O)c2cc(NC(=O)c3cc(CC(C)C)[nH]n3)ccc2OC)cc1. The number of hydrogen-bond donors (Lipinski definition) is 3. The third-order valence-electron chi connectivity index (χ3n) is 4.54. The molecule has 0 aliphatic carbocycles. The molecule has 0 saturated carbocycles. The number of amides is 1. The fourth-order valence-electron chi connectivity index (χ4n) is 3.05. The summed E-state index contributed by atoms with van der Waals surface area (Å²) in [6, 6.07) is 12.5. The van der Waals surface area contributed by atoms with Crippen LogP contribution >= 0.6 is 0 Å². The fraction of sp³-hybridized carbons (Fsp3) is 0.273. The number of carbonyl (C=O) groups excluding carboxylic acids is 1. The van der Waals surface area contributed by atoms with Gasteiger partial charge in [-0.15, -0.1) is 0 Å². The van der Waals surface area contributed by atoms with Gasteiger partial charge in [0.1, 0.15) is 16.4 Å². The lowest BCUT2D eigenvalue weighted by Gasteiger charge is -2.13. The van der Waals surface area contributed by atoms with Crippen molar-refractivity contribution in [1.82, 2.24) is 10.2 Å². The molecule has 0 spiro atoms. The van der Waals surface area contributed by atoms with Gasteiger partial charge in [0, 0.05) is 17.1 Å². The molecule has 3 rings (SSSR count). The highest BCUT2D eigenvalue weighted by Gasteiger charge is 2.21. The van der Waals surface area contributed by atoms with Crippen LogP contribution in [-0.2, 0) is 16.4 Å². The molecule has 0 atom stereocenters. The van der Waals surface area contributed by atoms with Gasteiger partial charge in [0.2, 0.25) is 0 Å². The van der Waals surface area contributed by atoms with Crippen LogP contribution in [0.25, 0.3) is 0 Å². The number of ether oxygens (including phenoxy) is 2. The van der Waals surface area contributed by atoms with Crippen molar-refractivity contribution in [2.45, 2.75) is 25.2 Å². The van der Waals surface area contributed by atoms with Crippen molar-refractivity contribution < 1.29 is 22.7 Å². The van der Waals surface area contributed by atoms with E-state index in [9.17, 15) is 13.2 Å². The number of nitrogens with zero attached hydrogens (tertiary/aromatic N) is 1. The van der Waals surface area contributed by atoms with Crippen LogP contribution in [0.1, 0.15) is 30.0 Å². The second-order valence-corrected chi connectivity index (χ2v) is 9.18. The quantitative estimate of drug-likeness (QED) is 0.450. The Balaban J connectivity index is 1.82. The maximum Gasteiger partial charge on any atom is 0.276 e. The lowest BCUT2D eigenvalue weighted by molar-refractivity contribution is 0.102. The number of methoxy groups -OCH3 is 2. The molecule has 10 heteroatoms. The molecule has 1 amide bonds. The average molecular weight is 459 g/mol. The molecule has 2 aromatic carbocycles. The van der Waals surface area contributed by atoms with E-state index in [1.54, 1.807) is 36.4 Å². The van der Waals surface area contributed by atoms with Gasteiger partial charge in [-0.25, -0.2) is 8.42 Å². The van der Waals surface area contributed by atoms with Gasteiger partial charge < -0.3 is 14.8 Å². The molecule has 0 aliphatic heterocycles. The van der Waals surface area contributed by atoms with Crippen LogP contribution in [0.15, 0.2) is 53.4 Å². The number of H-pyrrole nitrogens is 1. The zero-order chi connectivity index (χ0) is 23.3. The first-order valence-corrected chi connectivity index (χ1v) is 11.4. The van der Waals surface area contributed by atoms with Crippen molar-refractivity contribution in [2.75, 3.05) is 24.3 Å². The van der Waals surface area contributed by atoms with Crippen molar-refractivity contribution >= 4 is 27.3 Å². The molecule has 0 radical (unpaired) electrons. The third-order valence-corrected chi connectivity index (χ3v) is 5.95. The molecule has 0 fully saturated rings. The van der Waals surface area contributed by atoms with Crippen molar-refractivity contribution in [2.24, 2.45) is 5.92 Å². The molecule has 3 N–H and O–H groups in total. The van der Waals surface area contributed by atoms with E-state index in [-0.39, 0.29) is 16.3 Å². The first-order chi connectivity index (χ1) is 15.2. The Morgan fingerprint density at radius 3 is 2.34 bits per heavy atom. The zero-order valence-corrected chi connectivity index (χ0v) is 19.1. The minimum Gasteiger partial charge on any atom is -0.497 e. The van der Waals surface area contributed by atoms with E-state index in [4.69, 9.17) is 9.47 Å². The predicted octanol–water partition coefficient (Wildman–Crippen LogP) is 3.68. The Morgan fingerprint density at radius 2 is 1.72 bits per heavy atom. The third kappa shape index (κ3) is 5.58. The van der Waals surface area contributed by atoms with Crippen LogP contribution < -0.4 is 19.5 Å². The van der Waals surface area contributed by atoms with Crippen molar-refractivity contribution in [3.8, 4) is 11.5 Å². The highest BCUT2D eigenvalue weighted by molar-refractivity contribution is 7.92. The molecule has 0 aliphatic rings. The summed E-state index contributed by atoms with van der Waals surface area (Å²) in [6.45, 7) is 4.14. The van der Waals surface area contributed by atoms with Gasteiger partial charge in [0.25, 0.3) is 15.9 Å². The van der Waals surface area contributed by atoms with E-state index in [0.29, 0.717) is 23.0 Å². The molecule has 0 unspecified atom stereocenters. The van der Waals surface area contributed by atoms with Crippen LogP contribution in [-0.4, -0.2) is 38.7 Å². The average Bonchev–Trinajstić information content (AvgIpc) is 3.22. The van der Waals surface area contributed by atoms with Gasteiger partial charge in [-0.3, -0.25) is 14.6 Å². The van der Waals surface area contributed by atoms with Gasteiger partial charge in [-0.2, -0.15) is 5.10 Å². The van der Waals surface area contributed by atoms with Crippen LogP contribution in [0, 0.1) is 5.92 Å². The minimum atomic E-state index is -4.00. The highest BCUT2D eigenvalue weighted by atomic mass is 32.2. The number of aromatic nitrogens is 2. The summed E-state index contributed by atoms with van der Waals surface area (Å²) in [5.74, 6) is 0.708. The smallest absolute Gasteiger partial charge is 0.276 e. The predicted molar refractivity (Wildman–Crippen MR) is 122 cm³/mol. The van der Waals surface area contributed by atoms with E-state index in [1.807, 2.05) is 0 Å². The number of sulfonamides is 1. The molecule has 1 heterocycles. The summed E-state index contributed by atoms with van der Waals surface area (Å²) in [5.41, 5.74) is 1.72. The number of aromatic amines is 1. The van der Waals surface area contributed by atoms with Gasteiger partial charge in [-0.1, -0.05) is 13.8 Å². The Bertz CT molecular complexity index is 1190. The number of nitrogens with one attached hydrogen (secondary N) is 3. The van der Waals surface area contributed by atoms with E-state index in [2.05, 4.69) is 34.1 Å². The molecular weight excluding hydrogens is 432 g/mol. The van der Waals surface area contributed by atoms with Crippen molar-refractivity contribution in [3.05, 3.63) is 59.9 Å². The van der Waals surface area contributed by atoms with Gasteiger partial charge >= 0.3 is 0 Å². The summed E-state index contributed by atoms with van der Waals surface area (Å²) < 4.78 is 38.8. The standard InChI is InChI=1S/C22H26N4O5S/c1-14(2)11-17-12-19(25-24-17)22(27)23-16-7-10-20(31-4)21(13-16)32(28,29)26-15-5-8-18(30-3)9-6-15/h5-10,12-14,26H,11H2,1-4H3,(H,23,27)(H,24,25). The number of benzene rings is 2. The summed E-state index contributed by atoms with van der Waals surface area (Å²) in [7, 11) is -1.10. The second kappa shape index (κ2) is 9.73. The van der Waals surface area contributed by atoms with E-state index >= 15 is 0 Å². The van der Waals surface area contributed by atoms with Gasteiger partial charge in [-0.05, 0) is 60.9 Å². The molecule has 170 valence electrons. The largest absolute Gasteiger partial charge is 0.497 e. The maximum absolute atomic E-state index is 13.0. The number of hydrogen-bond acceptors (Lipinski definition) is 6. The molecule has 3 aromatic rings. The Morgan fingerprint density at radius 1 is 1.03 bits per heavy atom. The maximum atomic E-state index is 13.0. The fourth-order valence-corrected chi connectivity index (χ4v) is 4.31. The topological polar surface area (TPSA) is 122 Å². The lowest BCUT2D eigenvalue weighted by atomic mass is 10.1. The molecule has 32 heavy (non-hydrogen) atoms. The number of anilines is 2. The monoisotopic (exact) mass is 458 g/mol. The molecule has 0 saturated heterocycles. The second-order valence-electron chi connectivity index (χ2n) is 7.53. The van der Waals surface area contributed by atoms with E-state index in [1.165, 1.54) is 26.4 Å². The zero-order valence-electron chi connectivity index (χ0n) is 18.3. The molecule has 0 bridgehead atoms. The first-order valence-electron chi connectivity index (χ1n) is 9.92. The van der Waals surface area contributed by atoms with E-state index in [0.717, 1.165) is 12.1 Å². The number of carbonyl (C=O) groups is 1. The summed E-state index contributed by atoms with van der Waals surface area (Å²) in [4.78, 5) is 12.5. The van der Waals surface area contributed by atoms with Crippen LogP contribution in [0.4, 0.5) is 11.4 Å². The van der Waals surface area contributed by atoms with Crippen LogP contribution in [0.3, 0.4) is 0 Å². The molecular formula is C22H26N4O5S.